The average molecular weight is 199 g/mol. The van der Waals surface area contributed by atoms with Crippen LogP contribution >= 0.6 is 0 Å². The van der Waals surface area contributed by atoms with Gasteiger partial charge in [0.05, 0.1) is 5.60 Å². The summed E-state index contributed by atoms with van der Waals surface area (Å²) in [6, 6.07) is 0. The fraction of sp³-hybridized carbons (Fsp3) is 0.909. The standard InChI is InChI=1S/C11H21NO2/c1-8-6-5-7-9(8)10(13)12-14-11(2,3)4/h8-9H,5-7H2,1-4H3,(H,12,13). The summed E-state index contributed by atoms with van der Waals surface area (Å²) in [4.78, 5) is 16.9. The molecular formula is C11H21NO2. The number of carbonyl (C=O) groups excluding carboxylic acids is 1. The van der Waals surface area contributed by atoms with Gasteiger partial charge in [-0.1, -0.05) is 13.3 Å². The van der Waals surface area contributed by atoms with Gasteiger partial charge in [-0.15, -0.1) is 0 Å². The predicted octanol–water partition coefficient (Wildman–Crippen LogP) is 2.27. The lowest BCUT2D eigenvalue weighted by atomic mass is 9.98. The Morgan fingerprint density at radius 3 is 2.43 bits per heavy atom. The highest BCUT2D eigenvalue weighted by atomic mass is 16.7. The lowest BCUT2D eigenvalue weighted by Crippen LogP contribution is -2.37. The van der Waals surface area contributed by atoms with Crippen LogP contribution in [0.15, 0.2) is 0 Å². The van der Waals surface area contributed by atoms with Crippen LogP contribution in [-0.4, -0.2) is 11.5 Å². The molecule has 0 heterocycles. The summed E-state index contributed by atoms with van der Waals surface area (Å²) in [6.45, 7) is 7.90. The second-order valence-electron chi connectivity index (χ2n) is 5.20. The molecule has 1 aliphatic carbocycles. The van der Waals surface area contributed by atoms with Crippen molar-refractivity contribution in [2.75, 3.05) is 0 Å². The van der Waals surface area contributed by atoms with Gasteiger partial charge in [-0.05, 0) is 39.5 Å². The van der Waals surface area contributed by atoms with E-state index in [1.54, 1.807) is 0 Å². The topological polar surface area (TPSA) is 38.3 Å². The first-order chi connectivity index (χ1) is 6.40. The van der Waals surface area contributed by atoms with Crippen molar-refractivity contribution in [1.29, 1.82) is 0 Å². The minimum Gasteiger partial charge on any atom is -0.272 e. The van der Waals surface area contributed by atoms with Gasteiger partial charge in [-0.25, -0.2) is 5.48 Å². The van der Waals surface area contributed by atoms with Gasteiger partial charge in [-0.3, -0.25) is 9.63 Å². The van der Waals surface area contributed by atoms with Crippen LogP contribution < -0.4 is 5.48 Å². The summed E-state index contributed by atoms with van der Waals surface area (Å²) < 4.78 is 0. The molecule has 1 rings (SSSR count). The first-order valence-electron chi connectivity index (χ1n) is 5.38. The fourth-order valence-electron chi connectivity index (χ4n) is 1.81. The number of amides is 1. The van der Waals surface area contributed by atoms with Crippen molar-refractivity contribution < 1.29 is 9.63 Å². The summed E-state index contributed by atoms with van der Waals surface area (Å²) in [5.41, 5.74) is 2.25. The predicted molar refractivity (Wildman–Crippen MR) is 55.5 cm³/mol. The molecule has 2 unspecified atom stereocenters. The van der Waals surface area contributed by atoms with Crippen LogP contribution in [0.4, 0.5) is 0 Å². The lowest BCUT2D eigenvalue weighted by molar-refractivity contribution is -0.150. The molecule has 0 aromatic rings. The summed E-state index contributed by atoms with van der Waals surface area (Å²) in [6.07, 6.45) is 3.32. The zero-order chi connectivity index (χ0) is 10.8. The largest absolute Gasteiger partial charge is 0.272 e. The average Bonchev–Trinajstić information content (AvgIpc) is 2.46. The molecule has 2 atom stereocenters. The molecule has 0 aromatic heterocycles. The molecule has 1 aliphatic rings. The number of hydrogen-bond acceptors (Lipinski definition) is 2. The molecular weight excluding hydrogens is 178 g/mol. The minimum atomic E-state index is -0.308. The van der Waals surface area contributed by atoms with Gasteiger partial charge in [0.25, 0.3) is 0 Å². The van der Waals surface area contributed by atoms with Crippen LogP contribution in [0.1, 0.15) is 47.0 Å². The van der Waals surface area contributed by atoms with Gasteiger partial charge in [0.2, 0.25) is 5.91 Å². The normalized spacial score (nSPS) is 27.7. The Bertz CT molecular complexity index is 208. The second-order valence-corrected chi connectivity index (χ2v) is 5.20. The van der Waals surface area contributed by atoms with Crippen LogP contribution in [0.2, 0.25) is 0 Å². The van der Waals surface area contributed by atoms with E-state index >= 15 is 0 Å². The Labute approximate surface area is 86.2 Å². The SMILES string of the molecule is CC1CCCC1C(=O)NOC(C)(C)C. The number of nitrogens with one attached hydrogen (secondary N) is 1. The van der Waals surface area contributed by atoms with Crippen molar-refractivity contribution in [3.63, 3.8) is 0 Å². The van der Waals surface area contributed by atoms with Crippen LogP contribution in [0.5, 0.6) is 0 Å². The molecule has 82 valence electrons. The molecule has 3 heteroatoms. The first-order valence-corrected chi connectivity index (χ1v) is 5.38. The highest BCUT2D eigenvalue weighted by Crippen LogP contribution is 2.31. The number of hydroxylamine groups is 1. The molecule has 3 nitrogen and oxygen atoms in total. The fourth-order valence-corrected chi connectivity index (χ4v) is 1.81. The summed E-state index contributed by atoms with van der Waals surface area (Å²) in [5, 5.41) is 0. The molecule has 0 aromatic carbocycles. The Hall–Kier alpha value is -0.570. The van der Waals surface area contributed by atoms with Crippen molar-refractivity contribution in [1.82, 2.24) is 5.48 Å². The van der Waals surface area contributed by atoms with E-state index in [-0.39, 0.29) is 17.4 Å². The number of rotatable bonds is 2. The summed E-state index contributed by atoms with van der Waals surface area (Å²) >= 11 is 0. The van der Waals surface area contributed by atoms with Crippen molar-refractivity contribution in [2.24, 2.45) is 11.8 Å². The molecule has 1 fully saturated rings. The van der Waals surface area contributed by atoms with Gasteiger partial charge in [0, 0.05) is 5.92 Å². The molecule has 14 heavy (non-hydrogen) atoms. The minimum absolute atomic E-state index is 0.0462. The van der Waals surface area contributed by atoms with Crippen LogP contribution in [0.3, 0.4) is 0 Å². The van der Waals surface area contributed by atoms with E-state index in [0.29, 0.717) is 5.92 Å². The maximum Gasteiger partial charge on any atom is 0.246 e. The van der Waals surface area contributed by atoms with E-state index in [0.717, 1.165) is 19.3 Å². The second kappa shape index (κ2) is 4.30. The van der Waals surface area contributed by atoms with E-state index in [2.05, 4.69) is 12.4 Å². The highest BCUT2D eigenvalue weighted by molar-refractivity contribution is 5.78. The Kier molecular flexibility index (Phi) is 3.53. The molecule has 1 amide bonds. The van der Waals surface area contributed by atoms with Crippen molar-refractivity contribution in [3.8, 4) is 0 Å². The van der Waals surface area contributed by atoms with Crippen LogP contribution in [0.25, 0.3) is 0 Å². The smallest absolute Gasteiger partial charge is 0.246 e. The van der Waals surface area contributed by atoms with Crippen LogP contribution in [0, 0.1) is 11.8 Å². The van der Waals surface area contributed by atoms with Crippen LogP contribution in [-0.2, 0) is 9.63 Å². The van der Waals surface area contributed by atoms with Gasteiger partial charge >= 0.3 is 0 Å². The summed E-state index contributed by atoms with van der Waals surface area (Å²) in [5.74, 6) is 0.695. The Balaban J connectivity index is 2.35. The van der Waals surface area contributed by atoms with Gasteiger partial charge in [0.1, 0.15) is 0 Å². The molecule has 0 saturated heterocycles. The molecule has 0 aliphatic heterocycles. The monoisotopic (exact) mass is 199 g/mol. The third-order valence-corrected chi connectivity index (χ3v) is 2.66. The molecule has 1 saturated carbocycles. The van der Waals surface area contributed by atoms with E-state index in [1.165, 1.54) is 0 Å². The van der Waals surface area contributed by atoms with Gasteiger partial charge in [0.15, 0.2) is 0 Å². The Morgan fingerprint density at radius 2 is 2.00 bits per heavy atom. The van der Waals surface area contributed by atoms with E-state index < -0.39 is 0 Å². The molecule has 1 N–H and O–H groups in total. The zero-order valence-electron chi connectivity index (χ0n) is 9.59. The van der Waals surface area contributed by atoms with Gasteiger partial charge in [-0.2, -0.15) is 0 Å². The summed E-state index contributed by atoms with van der Waals surface area (Å²) in [7, 11) is 0. The maximum absolute atomic E-state index is 11.7. The molecule has 0 bridgehead atoms. The van der Waals surface area contributed by atoms with Crippen molar-refractivity contribution >= 4 is 5.91 Å². The van der Waals surface area contributed by atoms with E-state index in [9.17, 15) is 4.79 Å². The van der Waals surface area contributed by atoms with E-state index in [4.69, 9.17) is 4.84 Å². The van der Waals surface area contributed by atoms with Crippen molar-refractivity contribution in [3.05, 3.63) is 0 Å². The Morgan fingerprint density at radius 1 is 1.36 bits per heavy atom. The van der Waals surface area contributed by atoms with E-state index in [1.807, 2.05) is 20.8 Å². The lowest BCUT2D eigenvalue weighted by Gasteiger charge is -2.21. The molecule has 0 spiro atoms. The highest BCUT2D eigenvalue weighted by Gasteiger charge is 2.30. The quantitative estimate of drug-likeness (QED) is 0.693. The van der Waals surface area contributed by atoms with Crippen molar-refractivity contribution in [2.45, 2.75) is 52.6 Å². The molecule has 0 radical (unpaired) electrons. The van der Waals surface area contributed by atoms with Gasteiger partial charge < -0.3 is 0 Å². The first kappa shape index (κ1) is 11.5. The third-order valence-electron chi connectivity index (χ3n) is 2.66. The zero-order valence-corrected chi connectivity index (χ0v) is 9.59. The number of carbonyl (C=O) groups is 1. The number of hydrogen-bond donors (Lipinski definition) is 1. The third kappa shape index (κ3) is 3.29. The maximum atomic E-state index is 11.7.